The molecule has 2 N–H and O–H groups in total. The molecule has 0 atom stereocenters. The Morgan fingerprint density at radius 3 is 1.84 bits per heavy atom. The number of aryl methyl sites for hydroxylation is 1. The van der Waals surface area contributed by atoms with Gasteiger partial charge in [0.1, 0.15) is 0 Å². The molecule has 2 aromatic rings. The van der Waals surface area contributed by atoms with E-state index in [4.69, 9.17) is 0 Å². The van der Waals surface area contributed by atoms with Crippen LogP contribution in [0.4, 0.5) is 4.79 Å². The van der Waals surface area contributed by atoms with Gasteiger partial charge in [-0.05, 0) is 43.7 Å². The predicted molar refractivity (Wildman–Crippen MR) is 126 cm³/mol. The van der Waals surface area contributed by atoms with E-state index in [9.17, 15) is 4.79 Å². The lowest BCUT2D eigenvalue weighted by atomic mass is 10.0. The van der Waals surface area contributed by atoms with Crippen LogP contribution in [-0.2, 0) is 13.1 Å². The van der Waals surface area contributed by atoms with E-state index < -0.39 is 0 Å². The zero-order valence-corrected chi connectivity index (χ0v) is 18.7. The van der Waals surface area contributed by atoms with Crippen molar-refractivity contribution in [3.63, 3.8) is 0 Å². The second-order valence-corrected chi connectivity index (χ2v) is 9.19. The fourth-order valence-electron chi connectivity index (χ4n) is 4.79. The molecule has 2 fully saturated rings. The summed E-state index contributed by atoms with van der Waals surface area (Å²) in [5, 5.41) is 6.44. The summed E-state index contributed by atoms with van der Waals surface area (Å²) in [5.74, 6) is 0. The van der Waals surface area contributed by atoms with Gasteiger partial charge in [-0.25, -0.2) is 4.79 Å². The maximum Gasteiger partial charge on any atom is 0.315 e. The van der Waals surface area contributed by atoms with E-state index in [2.05, 4.69) is 82.0 Å². The summed E-state index contributed by atoms with van der Waals surface area (Å²) in [7, 11) is 0. The highest BCUT2D eigenvalue weighted by Gasteiger charge is 2.24. The van der Waals surface area contributed by atoms with E-state index in [-0.39, 0.29) is 18.1 Å². The van der Waals surface area contributed by atoms with Crippen LogP contribution in [0.2, 0.25) is 0 Å². The molecule has 2 aromatic carbocycles. The van der Waals surface area contributed by atoms with E-state index in [1.54, 1.807) is 0 Å². The molecule has 0 aliphatic carbocycles. The number of likely N-dealkylation sites (tertiary alicyclic amines) is 2. The first-order chi connectivity index (χ1) is 15.1. The summed E-state index contributed by atoms with van der Waals surface area (Å²) in [6.07, 6.45) is 4.09. The lowest BCUT2D eigenvalue weighted by molar-refractivity contribution is 0.174. The normalized spacial score (nSPS) is 19.3. The van der Waals surface area contributed by atoms with Gasteiger partial charge in [-0.15, -0.1) is 0 Å². The van der Waals surface area contributed by atoms with Crippen molar-refractivity contribution in [3.8, 4) is 0 Å². The van der Waals surface area contributed by atoms with Crippen molar-refractivity contribution >= 4 is 6.03 Å². The molecule has 2 amide bonds. The summed E-state index contributed by atoms with van der Waals surface area (Å²) in [6, 6.07) is 20.0. The second-order valence-electron chi connectivity index (χ2n) is 9.19. The van der Waals surface area contributed by atoms with Gasteiger partial charge in [-0.1, -0.05) is 60.2 Å². The van der Waals surface area contributed by atoms with Gasteiger partial charge in [-0.3, -0.25) is 9.80 Å². The number of piperidine rings is 2. The van der Waals surface area contributed by atoms with Crippen molar-refractivity contribution in [3.05, 3.63) is 71.3 Å². The lowest BCUT2D eigenvalue weighted by Gasteiger charge is -2.34. The molecule has 0 saturated carbocycles. The molecular formula is C26H36N4O. The van der Waals surface area contributed by atoms with E-state index in [0.29, 0.717) is 0 Å². The summed E-state index contributed by atoms with van der Waals surface area (Å²) in [5.41, 5.74) is 4.06. The zero-order chi connectivity index (χ0) is 21.5. The second kappa shape index (κ2) is 10.8. The number of urea groups is 1. The fraction of sp³-hybridized carbons (Fsp3) is 0.500. The molecule has 31 heavy (non-hydrogen) atoms. The number of hydrogen-bond acceptors (Lipinski definition) is 3. The molecule has 166 valence electrons. The van der Waals surface area contributed by atoms with Crippen molar-refractivity contribution in [2.45, 2.75) is 57.8 Å². The van der Waals surface area contributed by atoms with E-state index in [1.165, 1.54) is 16.7 Å². The lowest BCUT2D eigenvalue weighted by Crippen LogP contribution is -2.52. The summed E-state index contributed by atoms with van der Waals surface area (Å²) in [6.45, 7) is 8.30. The van der Waals surface area contributed by atoms with Gasteiger partial charge < -0.3 is 10.6 Å². The molecule has 0 radical (unpaired) electrons. The van der Waals surface area contributed by atoms with E-state index >= 15 is 0 Å². The number of carbonyl (C=O) groups excluding carboxylic acids is 1. The summed E-state index contributed by atoms with van der Waals surface area (Å²) in [4.78, 5) is 17.5. The Kier molecular flexibility index (Phi) is 7.60. The fourth-order valence-corrected chi connectivity index (χ4v) is 4.79. The van der Waals surface area contributed by atoms with Gasteiger partial charge in [0, 0.05) is 51.4 Å². The molecule has 0 bridgehead atoms. The SMILES string of the molecule is Cc1cccc(CN2CCC(NC(=O)NC3CCN(Cc4ccccc4)CC3)CC2)c1. The maximum atomic E-state index is 12.5. The molecule has 2 saturated heterocycles. The Bertz CT molecular complexity index is 824. The Morgan fingerprint density at radius 2 is 1.29 bits per heavy atom. The number of nitrogens with zero attached hydrogens (tertiary/aromatic N) is 2. The topological polar surface area (TPSA) is 47.6 Å². The minimum absolute atomic E-state index is 0.0126. The largest absolute Gasteiger partial charge is 0.335 e. The molecule has 2 heterocycles. The number of carbonyl (C=O) groups is 1. The molecule has 5 heteroatoms. The highest BCUT2D eigenvalue weighted by Crippen LogP contribution is 2.16. The van der Waals surface area contributed by atoms with Gasteiger partial charge in [0.25, 0.3) is 0 Å². The van der Waals surface area contributed by atoms with Crippen molar-refractivity contribution in [2.75, 3.05) is 26.2 Å². The van der Waals surface area contributed by atoms with Crippen LogP contribution in [0.25, 0.3) is 0 Å². The average Bonchev–Trinajstić information content (AvgIpc) is 2.77. The Morgan fingerprint density at radius 1 is 0.774 bits per heavy atom. The van der Waals surface area contributed by atoms with E-state index in [1.807, 2.05) is 0 Å². The van der Waals surface area contributed by atoms with Crippen molar-refractivity contribution in [1.82, 2.24) is 20.4 Å². The third-order valence-corrected chi connectivity index (χ3v) is 6.58. The third kappa shape index (κ3) is 6.81. The Labute approximate surface area is 186 Å². The molecule has 2 aliphatic rings. The van der Waals surface area contributed by atoms with Gasteiger partial charge in [0.05, 0.1) is 0 Å². The highest BCUT2D eigenvalue weighted by molar-refractivity contribution is 5.74. The molecule has 0 spiro atoms. The summed E-state index contributed by atoms with van der Waals surface area (Å²) < 4.78 is 0. The minimum Gasteiger partial charge on any atom is -0.335 e. The van der Waals surface area contributed by atoms with Crippen LogP contribution in [0.5, 0.6) is 0 Å². The van der Waals surface area contributed by atoms with Crippen LogP contribution in [0.15, 0.2) is 54.6 Å². The highest BCUT2D eigenvalue weighted by atomic mass is 16.2. The zero-order valence-electron chi connectivity index (χ0n) is 18.7. The average molecular weight is 421 g/mol. The molecule has 2 aliphatic heterocycles. The number of amides is 2. The van der Waals surface area contributed by atoms with Crippen molar-refractivity contribution < 1.29 is 4.79 Å². The standard InChI is InChI=1S/C26H36N4O/c1-21-6-5-9-23(18-21)20-30-16-12-25(13-17-30)28-26(31)27-24-10-14-29(15-11-24)19-22-7-3-2-4-8-22/h2-9,18,24-25H,10-17,19-20H2,1H3,(H2,27,28,31). The maximum absolute atomic E-state index is 12.5. The van der Waals surface area contributed by atoms with E-state index in [0.717, 1.165) is 65.0 Å². The molecule has 5 nitrogen and oxygen atoms in total. The minimum atomic E-state index is 0.0126. The Hall–Kier alpha value is -2.37. The van der Waals surface area contributed by atoms with Crippen LogP contribution >= 0.6 is 0 Å². The van der Waals surface area contributed by atoms with Crippen LogP contribution in [0.1, 0.15) is 42.4 Å². The number of hydrogen-bond donors (Lipinski definition) is 2. The quantitative estimate of drug-likeness (QED) is 0.745. The van der Waals surface area contributed by atoms with Crippen molar-refractivity contribution in [2.24, 2.45) is 0 Å². The molecular weight excluding hydrogens is 384 g/mol. The van der Waals surface area contributed by atoms with Gasteiger partial charge in [0.2, 0.25) is 0 Å². The number of benzene rings is 2. The van der Waals surface area contributed by atoms with Crippen LogP contribution in [0.3, 0.4) is 0 Å². The first-order valence-corrected chi connectivity index (χ1v) is 11.8. The van der Waals surface area contributed by atoms with Crippen molar-refractivity contribution in [1.29, 1.82) is 0 Å². The van der Waals surface area contributed by atoms with Gasteiger partial charge in [0.15, 0.2) is 0 Å². The van der Waals surface area contributed by atoms with Crippen LogP contribution in [-0.4, -0.2) is 54.1 Å². The van der Waals surface area contributed by atoms with Crippen LogP contribution in [0, 0.1) is 6.92 Å². The smallest absolute Gasteiger partial charge is 0.315 e. The monoisotopic (exact) mass is 420 g/mol. The first-order valence-electron chi connectivity index (χ1n) is 11.8. The number of rotatable bonds is 6. The molecule has 0 aromatic heterocycles. The molecule has 4 rings (SSSR count). The predicted octanol–water partition coefficient (Wildman–Crippen LogP) is 3.92. The number of nitrogens with one attached hydrogen (secondary N) is 2. The summed E-state index contributed by atoms with van der Waals surface area (Å²) >= 11 is 0. The van der Waals surface area contributed by atoms with Gasteiger partial charge in [-0.2, -0.15) is 0 Å². The Balaban J connectivity index is 1.13. The molecule has 0 unspecified atom stereocenters. The van der Waals surface area contributed by atoms with Gasteiger partial charge >= 0.3 is 6.03 Å². The first kappa shape index (κ1) is 21.8. The third-order valence-electron chi connectivity index (χ3n) is 6.58. The van der Waals surface area contributed by atoms with Crippen LogP contribution < -0.4 is 10.6 Å².